The molecule has 2 aromatic rings. The van der Waals surface area contributed by atoms with Gasteiger partial charge in [0.25, 0.3) is 0 Å². The normalized spacial score (nSPS) is 19.3. The molecule has 0 saturated carbocycles. The maximum atomic E-state index is 11.2. The molecule has 6 nitrogen and oxygen atoms in total. The van der Waals surface area contributed by atoms with Crippen LogP contribution in [0.1, 0.15) is 12.8 Å². The lowest BCUT2D eigenvalue weighted by atomic mass is 10.2. The highest BCUT2D eigenvalue weighted by Gasteiger charge is 2.31. The highest BCUT2D eigenvalue weighted by Crippen LogP contribution is 2.24. The maximum absolute atomic E-state index is 11.2. The molecule has 92 valence electrons. The number of aromatic nitrogens is 3. The molecule has 1 atom stereocenters. The van der Waals surface area contributed by atoms with Crippen LogP contribution < -0.4 is 4.90 Å². The molecule has 1 N–H and O–H groups in total. The molecule has 3 heterocycles. The Morgan fingerprint density at radius 3 is 3.00 bits per heavy atom. The first-order chi connectivity index (χ1) is 8.75. The van der Waals surface area contributed by atoms with Crippen molar-refractivity contribution >= 4 is 23.0 Å². The number of fused-ring (bicyclic) bond motifs is 1. The highest BCUT2D eigenvalue weighted by atomic mass is 16.4. The third kappa shape index (κ3) is 1.75. The monoisotopic (exact) mass is 244 g/mol. The molecule has 0 bridgehead atoms. The van der Waals surface area contributed by atoms with E-state index in [0.29, 0.717) is 23.4 Å². The van der Waals surface area contributed by atoms with E-state index in [1.807, 2.05) is 11.0 Å². The van der Waals surface area contributed by atoms with Gasteiger partial charge in [0.05, 0.1) is 0 Å². The fourth-order valence-corrected chi connectivity index (χ4v) is 2.30. The van der Waals surface area contributed by atoms with Crippen LogP contribution in [0.5, 0.6) is 0 Å². The number of aliphatic carboxylic acids is 1. The predicted octanol–water partition coefficient (Wildman–Crippen LogP) is 1.08. The summed E-state index contributed by atoms with van der Waals surface area (Å²) in [6, 6.07) is 3.15. The van der Waals surface area contributed by atoms with Crippen molar-refractivity contribution in [3.63, 3.8) is 0 Å². The second-order valence-electron chi connectivity index (χ2n) is 4.26. The number of hydrogen-bond donors (Lipinski definition) is 1. The molecular formula is C12H12N4O2. The number of carboxylic acids is 1. The second kappa shape index (κ2) is 4.21. The summed E-state index contributed by atoms with van der Waals surface area (Å²) in [5.74, 6) is -0.138. The Morgan fingerprint density at radius 1 is 1.33 bits per heavy atom. The van der Waals surface area contributed by atoms with E-state index < -0.39 is 12.0 Å². The van der Waals surface area contributed by atoms with Gasteiger partial charge in [-0.3, -0.25) is 4.98 Å². The predicted molar refractivity (Wildman–Crippen MR) is 65.3 cm³/mol. The molecular weight excluding hydrogens is 232 g/mol. The van der Waals surface area contributed by atoms with E-state index in [-0.39, 0.29) is 0 Å². The first-order valence-electron chi connectivity index (χ1n) is 5.83. The van der Waals surface area contributed by atoms with E-state index >= 15 is 0 Å². The molecule has 1 saturated heterocycles. The lowest BCUT2D eigenvalue weighted by Gasteiger charge is -2.22. The smallest absolute Gasteiger partial charge is 0.326 e. The number of carboxylic acid groups (broad SMARTS) is 1. The molecule has 6 heteroatoms. The number of rotatable bonds is 2. The quantitative estimate of drug-likeness (QED) is 0.851. The number of carbonyl (C=O) groups is 1. The number of hydrogen-bond acceptors (Lipinski definition) is 5. The van der Waals surface area contributed by atoms with E-state index in [0.717, 1.165) is 13.0 Å². The first-order valence-corrected chi connectivity index (χ1v) is 5.83. The zero-order valence-electron chi connectivity index (χ0n) is 9.65. The largest absolute Gasteiger partial charge is 0.480 e. The molecule has 1 aliphatic rings. The summed E-state index contributed by atoms with van der Waals surface area (Å²) in [7, 11) is 0. The summed E-state index contributed by atoms with van der Waals surface area (Å²) in [5.41, 5.74) is 1.26. The van der Waals surface area contributed by atoms with E-state index in [1.165, 1.54) is 0 Å². The van der Waals surface area contributed by atoms with Crippen LogP contribution in [0.3, 0.4) is 0 Å². The molecule has 0 amide bonds. The molecule has 18 heavy (non-hydrogen) atoms. The Hall–Kier alpha value is -2.24. The van der Waals surface area contributed by atoms with Crippen molar-refractivity contribution in [3.05, 3.63) is 24.5 Å². The SMILES string of the molecule is O=C(O)C1CCCN1c1ccc2nccnc2n1. The van der Waals surface area contributed by atoms with Crippen LogP contribution in [0.4, 0.5) is 5.82 Å². The summed E-state index contributed by atoms with van der Waals surface area (Å²) in [5, 5.41) is 9.16. The molecule has 1 aliphatic heterocycles. The van der Waals surface area contributed by atoms with Gasteiger partial charge in [0.2, 0.25) is 0 Å². The van der Waals surface area contributed by atoms with Crippen LogP contribution >= 0.6 is 0 Å². The van der Waals surface area contributed by atoms with Crippen LogP contribution in [0.15, 0.2) is 24.5 Å². The third-order valence-corrected chi connectivity index (χ3v) is 3.15. The molecule has 1 unspecified atom stereocenters. The van der Waals surface area contributed by atoms with Crippen molar-refractivity contribution in [3.8, 4) is 0 Å². The van der Waals surface area contributed by atoms with E-state index in [9.17, 15) is 4.79 Å². The van der Waals surface area contributed by atoms with Crippen molar-refractivity contribution in [2.45, 2.75) is 18.9 Å². The highest BCUT2D eigenvalue weighted by molar-refractivity contribution is 5.79. The number of anilines is 1. The van der Waals surface area contributed by atoms with Crippen LogP contribution in [0, 0.1) is 0 Å². The average molecular weight is 244 g/mol. The summed E-state index contributed by atoms with van der Waals surface area (Å²) in [6.07, 6.45) is 4.73. The molecule has 1 fully saturated rings. The molecule has 0 radical (unpaired) electrons. The maximum Gasteiger partial charge on any atom is 0.326 e. The third-order valence-electron chi connectivity index (χ3n) is 3.15. The summed E-state index contributed by atoms with van der Waals surface area (Å²) < 4.78 is 0. The van der Waals surface area contributed by atoms with Crippen LogP contribution in [-0.2, 0) is 4.79 Å². The van der Waals surface area contributed by atoms with Gasteiger partial charge < -0.3 is 10.0 Å². The fourth-order valence-electron chi connectivity index (χ4n) is 2.30. The van der Waals surface area contributed by atoms with Crippen molar-refractivity contribution in [2.24, 2.45) is 0 Å². The number of nitrogens with zero attached hydrogens (tertiary/aromatic N) is 4. The van der Waals surface area contributed by atoms with Crippen molar-refractivity contribution in [1.29, 1.82) is 0 Å². The molecule has 0 spiro atoms. The van der Waals surface area contributed by atoms with Crippen LogP contribution in [0.25, 0.3) is 11.2 Å². The summed E-state index contributed by atoms with van der Waals surface area (Å²) in [4.78, 5) is 25.6. The topological polar surface area (TPSA) is 79.2 Å². The van der Waals surface area contributed by atoms with E-state index in [4.69, 9.17) is 5.11 Å². The fraction of sp³-hybridized carbons (Fsp3) is 0.333. The molecule has 0 aliphatic carbocycles. The molecule has 0 aromatic carbocycles. The van der Waals surface area contributed by atoms with Gasteiger partial charge in [0, 0.05) is 18.9 Å². The van der Waals surface area contributed by atoms with Crippen molar-refractivity contribution in [2.75, 3.05) is 11.4 Å². The minimum atomic E-state index is -0.798. The van der Waals surface area contributed by atoms with Gasteiger partial charge in [0.15, 0.2) is 5.65 Å². The van der Waals surface area contributed by atoms with Gasteiger partial charge in [-0.15, -0.1) is 0 Å². The molecule has 3 rings (SSSR count). The van der Waals surface area contributed by atoms with Crippen molar-refractivity contribution in [1.82, 2.24) is 15.0 Å². The Bertz CT molecular complexity index is 601. The zero-order valence-corrected chi connectivity index (χ0v) is 9.65. The second-order valence-corrected chi connectivity index (χ2v) is 4.26. The van der Waals surface area contributed by atoms with E-state index in [1.54, 1.807) is 18.5 Å². The lowest BCUT2D eigenvalue weighted by molar-refractivity contribution is -0.138. The zero-order chi connectivity index (χ0) is 12.5. The Kier molecular flexibility index (Phi) is 2.55. The Labute approximate surface area is 103 Å². The minimum Gasteiger partial charge on any atom is -0.480 e. The van der Waals surface area contributed by atoms with Crippen LogP contribution in [-0.4, -0.2) is 38.6 Å². The minimum absolute atomic E-state index is 0.480. The van der Waals surface area contributed by atoms with Gasteiger partial charge in [-0.05, 0) is 25.0 Å². The average Bonchev–Trinajstić information content (AvgIpc) is 2.87. The van der Waals surface area contributed by atoms with Gasteiger partial charge in [0.1, 0.15) is 17.4 Å². The van der Waals surface area contributed by atoms with Crippen LogP contribution in [0.2, 0.25) is 0 Å². The lowest BCUT2D eigenvalue weighted by Crippen LogP contribution is -2.36. The van der Waals surface area contributed by atoms with E-state index in [2.05, 4.69) is 15.0 Å². The van der Waals surface area contributed by atoms with Crippen molar-refractivity contribution < 1.29 is 9.90 Å². The Balaban J connectivity index is 2.01. The Morgan fingerprint density at radius 2 is 2.17 bits per heavy atom. The van der Waals surface area contributed by atoms with Gasteiger partial charge in [-0.2, -0.15) is 0 Å². The standard InChI is InChI=1S/C12H12N4O2/c17-12(18)9-2-1-7-16(9)10-4-3-8-11(15-10)14-6-5-13-8/h3-6,9H,1-2,7H2,(H,17,18). The van der Waals surface area contributed by atoms with Gasteiger partial charge in [-0.25, -0.2) is 14.8 Å². The molecule has 2 aromatic heterocycles. The first kappa shape index (κ1) is 10.9. The summed E-state index contributed by atoms with van der Waals surface area (Å²) >= 11 is 0. The number of pyridine rings is 1. The summed E-state index contributed by atoms with van der Waals surface area (Å²) in [6.45, 7) is 0.718. The van der Waals surface area contributed by atoms with Gasteiger partial charge in [-0.1, -0.05) is 0 Å². The van der Waals surface area contributed by atoms with Gasteiger partial charge >= 0.3 is 5.97 Å².